The van der Waals surface area contributed by atoms with E-state index in [2.05, 4.69) is 24.0 Å². The molecule has 1 aromatic carbocycles. The number of rotatable bonds is 6. The minimum Gasteiger partial charge on any atom is -0.508 e. The number of hydrogen-bond acceptors (Lipinski definition) is 5. The largest absolute Gasteiger partial charge is 0.508 e. The first kappa shape index (κ1) is 13.9. The summed E-state index contributed by atoms with van der Waals surface area (Å²) in [5.41, 5.74) is 0.798. The number of aromatic nitrogens is 2. The Morgan fingerprint density at radius 3 is 2.89 bits per heavy atom. The minimum atomic E-state index is 0.260. The van der Waals surface area contributed by atoms with Crippen LogP contribution in [0, 0.1) is 0 Å². The van der Waals surface area contributed by atoms with Crippen molar-refractivity contribution in [3.63, 3.8) is 0 Å². The molecule has 0 bridgehead atoms. The number of phenolic OH excluding ortho intramolecular Hbond substituents is 1. The van der Waals surface area contributed by atoms with Gasteiger partial charge in [0, 0.05) is 10.8 Å². The Bertz CT molecular complexity index is 528. The predicted molar refractivity (Wildman–Crippen MR) is 76.3 cm³/mol. The highest BCUT2D eigenvalue weighted by Crippen LogP contribution is 2.21. The number of aromatic hydroxyl groups is 1. The maximum absolute atomic E-state index is 9.69. The highest BCUT2D eigenvalue weighted by molar-refractivity contribution is 7.99. The van der Waals surface area contributed by atoms with Crippen LogP contribution in [0.1, 0.15) is 37.5 Å². The summed E-state index contributed by atoms with van der Waals surface area (Å²) in [6, 6.07) is 7.18. The van der Waals surface area contributed by atoms with Crippen LogP contribution in [0.3, 0.4) is 0 Å². The van der Waals surface area contributed by atoms with Crippen LogP contribution in [-0.4, -0.2) is 20.5 Å². The molecular formula is C14H18N2O2S. The van der Waals surface area contributed by atoms with Gasteiger partial charge >= 0.3 is 0 Å². The molecule has 0 fully saturated rings. The van der Waals surface area contributed by atoms with Crippen molar-refractivity contribution in [1.29, 1.82) is 0 Å². The third-order valence-corrected chi connectivity index (χ3v) is 4.24. The maximum atomic E-state index is 9.69. The van der Waals surface area contributed by atoms with E-state index < -0.39 is 0 Å². The molecule has 0 aliphatic heterocycles. The average Bonchev–Trinajstić information content (AvgIpc) is 2.86. The van der Waals surface area contributed by atoms with E-state index in [0.717, 1.165) is 23.6 Å². The average molecular weight is 278 g/mol. The molecular weight excluding hydrogens is 260 g/mol. The summed E-state index contributed by atoms with van der Waals surface area (Å²) >= 11 is 1.82. The van der Waals surface area contributed by atoms with E-state index in [-0.39, 0.29) is 5.75 Å². The van der Waals surface area contributed by atoms with Crippen LogP contribution >= 0.6 is 11.8 Å². The van der Waals surface area contributed by atoms with Crippen LogP contribution in [0.2, 0.25) is 0 Å². The molecule has 2 aromatic rings. The highest BCUT2D eigenvalue weighted by Gasteiger charge is 2.10. The van der Waals surface area contributed by atoms with Crippen molar-refractivity contribution < 1.29 is 9.63 Å². The fourth-order valence-corrected chi connectivity index (χ4v) is 2.37. The summed E-state index contributed by atoms with van der Waals surface area (Å²) in [6.07, 6.45) is 1.60. The first-order valence-corrected chi connectivity index (χ1v) is 7.43. The highest BCUT2D eigenvalue weighted by atomic mass is 32.2. The van der Waals surface area contributed by atoms with Crippen LogP contribution in [0.15, 0.2) is 28.8 Å². The van der Waals surface area contributed by atoms with Gasteiger partial charge in [-0.3, -0.25) is 0 Å². The Labute approximate surface area is 117 Å². The van der Waals surface area contributed by atoms with E-state index in [1.807, 2.05) is 23.9 Å². The molecule has 2 rings (SSSR count). The summed E-state index contributed by atoms with van der Waals surface area (Å²) in [6.45, 7) is 4.35. The van der Waals surface area contributed by atoms with Crippen molar-refractivity contribution in [3.05, 3.63) is 41.5 Å². The number of para-hydroxylation sites is 1. The Kier molecular flexibility index (Phi) is 4.85. The molecule has 0 radical (unpaired) electrons. The molecule has 0 spiro atoms. The third-order valence-electron chi connectivity index (χ3n) is 2.92. The Hall–Kier alpha value is -1.49. The fourth-order valence-electron chi connectivity index (χ4n) is 1.58. The minimum absolute atomic E-state index is 0.260. The van der Waals surface area contributed by atoms with Gasteiger partial charge in [-0.25, -0.2) is 0 Å². The van der Waals surface area contributed by atoms with E-state index in [1.54, 1.807) is 12.1 Å². The zero-order valence-corrected chi connectivity index (χ0v) is 12.0. The molecule has 1 N–H and O–H groups in total. The van der Waals surface area contributed by atoms with Crippen LogP contribution < -0.4 is 0 Å². The smallest absolute Gasteiger partial charge is 0.231 e. The Morgan fingerprint density at radius 2 is 2.16 bits per heavy atom. The van der Waals surface area contributed by atoms with Crippen molar-refractivity contribution in [3.8, 4) is 5.75 Å². The quantitative estimate of drug-likeness (QED) is 0.877. The number of nitrogens with zero attached hydrogens (tertiary/aromatic N) is 2. The summed E-state index contributed by atoms with van der Waals surface area (Å²) in [5, 5.41) is 14.2. The zero-order chi connectivity index (χ0) is 13.7. The van der Waals surface area contributed by atoms with E-state index in [9.17, 15) is 5.11 Å². The summed E-state index contributed by atoms with van der Waals surface area (Å²) in [5.74, 6) is 2.28. The van der Waals surface area contributed by atoms with Crippen LogP contribution in [0.25, 0.3) is 0 Å². The van der Waals surface area contributed by atoms with Gasteiger partial charge < -0.3 is 9.63 Å². The SMILES string of the molecule is CCC(C)SCc1noc(Cc2ccccc2O)n1. The number of phenols is 1. The number of benzene rings is 1. The van der Waals surface area contributed by atoms with Crippen molar-refractivity contribution in [1.82, 2.24) is 10.1 Å². The molecule has 0 saturated heterocycles. The van der Waals surface area contributed by atoms with Crippen LogP contribution in [-0.2, 0) is 12.2 Å². The normalized spacial score (nSPS) is 12.5. The van der Waals surface area contributed by atoms with Gasteiger partial charge in [-0.1, -0.05) is 37.2 Å². The van der Waals surface area contributed by atoms with Gasteiger partial charge in [0.2, 0.25) is 5.89 Å². The van der Waals surface area contributed by atoms with Crippen molar-refractivity contribution in [2.45, 2.75) is 37.7 Å². The van der Waals surface area contributed by atoms with Gasteiger partial charge in [0.15, 0.2) is 5.82 Å². The number of thioether (sulfide) groups is 1. The summed E-state index contributed by atoms with van der Waals surface area (Å²) in [4.78, 5) is 4.34. The standard InChI is InChI=1S/C14H18N2O2S/c1-3-10(2)19-9-13-15-14(18-16-13)8-11-6-4-5-7-12(11)17/h4-7,10,17H,3,8-9H2,1-2H3. The molecule has 0 saturated carbocycles. The Balaban J connectivity index is 1.96. The monoisotopic (exact) mass is 278 g/mol. The van der Waals surface area contributed by atoms with E-state index in [0.29, 0.717) is 17.6 Å². The molecule has 19 heavy (non-hydrogen) atoms. The second-order valence-corrected chi connectivity index (χ2v) is 5.87. The molecule has 5 heteroatoms. The topological polar surface area (TPSA) is 59.2 Å². The van der Waals surface area contributed by atoms with E-state index >= 15 is 0 Å². The van der Waals surface area contributed by atoms with Gasteiger partial charge in [0.05, 0.1) is 12.2 Å². The third kappa shape index (κ3) is 3.99. The first-order valence-electron chi connectivity index (χ1n) is 6.39. The maximum Gasteiger partial charge on any atom is 0.231 e. The second-order valence-electron chi connectivity index (χ2n) is 4.44. The van der Waals surface area contributed by atoms with Gasteiger partial charge in [-0.05, 0) is 12.5 Å². The lowest BCUT2D eigenvalue weighted by molar-refractivity contribution is 0.378. The second kappa shape index (κ2) is 6.61. The lowest BCUT2D eigenvalue weighted by Gasteiger charge is -2.04. The van der Waals surface area contributed by atoms with Crippen molar-refractivity contribution in [2.24, 2.45) is 0 Å². The molecule has 4 nitrogen and oxygen atoms in total. The molecule has 0 amide bonds. The van der Waals surface area contributed by atoms with E-state index in [4.69, 9.17) is 4.52 Å². The summed E-state index contributed by atoms with van der Waals surface area (Å²) in [7, 11) is 0. The molecule has 1 aromatic heterocycles. The molecule has 0 aliphatic rings. The van der Waals surface area contributed by atoms with Crippen LogP contribution in [0.5, 0.6) is 5.75 Å². The van der Waals surface area contributed by atoms with Gasteiger partial charge in [-0.2, -0.15) is 16.7 Å². The zero-order valence-electron chi connectivity index (χ0n) is 11.2. The van der Waals surface area contributed by atoms with Gasteiger partial charge in [-0.15, -0.1) is 0 Å². The van der Waals surface area contributed by atoms with Gasteiger partial charge in [0.1, 0.15) is 5.75 Å². The lowest BCUT2D eigenvalue weighted by atomic mass is 10.1. The molecule has 1 atom stereocenters. The molecule has 1 unspecified atom stereocenters. The molecule has 102 valence electrons. The lowest BCUT2D eigenvalue weighted by Crippen LogP contribution is -1.95. The predicted octanol–water partition coefficient (Wildman–Crippen LogP) is 3.40. The molecule has 0 aliphatic carbocycles. The van der Waals surface area contributed by atoms with Crippen molar-refractivity contribution >= 4 is 11.8 Å². The van der Waals surface area contributed by atoms with E-state index in [1.165, 1.54) is 0 Å². The first-order chi connectivity index (χ1) is 9.19. The van der Waals surface area contributed by atoms with Gasteiger partial charge in [0.25, 0.3) is 0 Å². The summed E-state index contributed by atoms with van der Waals surface area (Å²) < 4.78 is 5.20. The van der Waals surface area contributed by atoms with Crippen LogP contribution in [0.4, 0.5) is 0 Å². The van der Waals surface area contributed by atoms with Crippen molar-refractivity contribution in [2.75, 3.05) is 0 Å². The Morgan fingerprint density at radius 1 is 1.37 bits per heavy atom. The fraction of sp³-hybridized carbons (Fsp3) is 0.429. The number of hydrogen-bond donors (Lipinski definition) is 1. The molecule has 1 heterocycles.